The quantitative estimate of drug-likeness (QED) is 0.0802. The highest BCUT2D eigenvalue weighted by molar-refractivity contribution is 7.82. The molecule has 0 rings (SSSR count). The van der Waals surface area contributed by atoms with Gasteiger partial charge in [0.05, 0.1) is 0 Å². The van der Waals surface area contributed by atoms with Gasteiger partial charge in [0.25, 0.3) is 0 Å². The lowest BCUT2D eigenvalue weighted by molar-refractivity contribution is 0.200. The second-order valence-corrected chi connectivity index (χ2v) is 18.2. The summed E-state index contributed by atoms with van der Waals surface area (Å²) in [6.45, 7) is 30.9. The van der Waals surface area contributed by atoms with E-state index in [0.29, 0.717) is 10.8 Å². The Kier molecular flexibility index (Phi) is 17.0. The fraction of sp³-hybridized carbons (Fsp3) is 0.895. The van der Waals surface area contributed by atoms with E-state index in [4.69, 9.17) is 12.6 Å². The summed E-state index contributed by atoms with van der Waals surface area (Å²) < 4.78 is -0.123. The van der Waals surface area contributed by atoms with E-state index < -0.39 is 0 Å². The number of unbranched alkanes of at least 4 members (excludes halogenated alkanes) is 7. The van der Waals surface area contributed by atoms with E-state index >= 15 is 0 Å². The Morgan fingerprint density at radius 3 is 1.33 bits per heavy atom. The Morgan fingerprint density at radius 2 is 0.846 bits per heavy atom. The molecule has 0 saturated heterocycles. The van der Waals surface area contributed by atoms with Gasteiger partial charge in [-0.15, -0.1) is 0 Å². The van der Waals surface area contributed by atoms with Crippen molar-refractivity contribution in [1.82, 2.24) is 0 Å². The van der Waals surface area contributed by atoms with Crippen LogP contribution < -0.4 is 0 Å². The van der Waals surface area contributed by atoms with Gasteiger partial charge in [-0.25, -0.2) is 0 Å². The summed E-state index contributed by atoms with van der Waals surface area (Å²) >= 11 is 5.13. The summed E-state index contributed by atoms with van der Waals surface area (Å²) in [5.74, 6) is 0. The fourth-order valence-corrected chi connectivity index (χ4v) is 7.02. The van der Waals surface area contributed by atoms with Crippen LogP contribution in [-0.4, -0.2) is 4.75 Å². The van der Waals surface area contributed by atoms with E-state index in [1.54, 1.807) is 0 Å². The molecule has 0 aromatic carbocycles. The molecule has 0 N–H and O–H groups in total. The van der Waals surface area contributed by atoms with Crippen molar-refractivity contribution >= 4 is 12.6 Å². The van der Waals surface area contributed by atoms with Crippen LogP contribution in [0.1, 0.15) is 186 Å². The van der Waals surface area contributed by atoms with E-state index in [1.165, 1.54) is 89.9 Å². The van der Waals surface area contributed by atoms with E-state index in [1.807, 2.05) is 0 Å². The predicted molar refractivity (Wildman–Crippen MR) is 185 cm³/mol. The number of hydrogen-bond acceptors (Lipinski definition) is 1. The number of rotatable bonds is 21. The molecule has 2 atom stereocenters. The smallest absolute Gasteiger partial charge is 0.0288 e. The van der Waals surface area contributed by atoms with E-state index in [-0.39, 0.29) is 21.0 Å². The lowest BCUT2D eigenvalue weighted by Crippen LogP contribution is -2.25. The molecule has 0 heterocycles. The minimum absolute atomic E-state index is 0.106. The Balaban J connectivity index is 5.22. The van der Waals surface area contributed by atoms with Crippen molar-refractivity contribution in [3.63, 3.8) is 0 Å². The molecule has 0 bridgehead atoms. The molecule has 1 heteroatoms. The summed E-state index contributed by atoms with van der Waals surface area (Å²) in [6.07, 6.45) is 30.0. The van der Waals surface area contributed by atoms with Crippen LogP contribution in [0.4, 0.5) is 0 Å². The molecule has 0 saturated carbocycles. The molecule has 0 fully saturated rings. The monoisotopic (exact) mass is 563 g/mol. The van der Waals surface area contributed by atoms with E-state index in [9.17, 15) is 0 Å². The number of allylic oxidation sites excluding steroid dienone is 3. The molecule has 2 unspecified atom stereocenters. The fourth-order valence-electron chi connectivity index (χ4n) is 6.54. The number of hydrogen-bond donors (Lipinski definition) is 1. The molecule has 0 amide bonds. The maximum atomic E-state index is 5.13. The first-order valence-corrected chi connectivity index (χ1v) is 17.2. The largest absolute Gasteiger partial charge is 0.169 e. The normalized spacial score (nSPS) is 17.2. The second kappa shape index (κ2) is 17.1. The highest BCUT2D eigenvalue weighted by Gasteiger charge is 2.30. The summed E-state index contributed by atoms with van der Waals surface area (Å²) in [5.41, 5.74) is 1.34. The first-order chi connectivity index (χ1) is 17.7. The van der Waals surface area contributed by atoms with Crippen LogP contribution in [-0.2, 0) is 0 Å². The zero-order valence-corrected chi connectivity index (χ0v) is 30.3. The van der Waals surface area contributed by atoms with E-state index in [2.05, 4.69) is 114 Å². The summed E-state index contributed by atoms with van der Waals surface area (Å²) in [7, 11) is 0. The van der Waals surface area contributed by atoms with Crippen LogP contribution in [0.25, 0.3) is 0 Å². The maximum absolute atomic E-state index is 5.13. The highest BCUT2D eigenvalue weighted by atomic mass is 32.1. The van der Waals surface area contributed by atoms with Crippen molar-refractivity contribution < 1.29 is 0 Å². The first-order valence-electron chi connectivity index (χ1n) is 16.8. The minimum atomic E-state index is -0.123. The van der Waals surface area contributed by atoms with Crippen LogP contribution in [0.3, 0.4) is 0 Å². The van der Waals surface area contributed by atoms with Gasteiger partial charge in [0.1, 0.15) is 0 Å². The third kappa shape index (κ3) is 21.2. The van der Waals surface area contributed by atoms with Crippen LogP contribution in [0.15, 0.2) is 24.3 Å². The molecule has 0 nitrogen and oxygen atoms in total. The summed E-state index contributed by atoms with van der Waals surface area (Å²) in [5, 5.41) is 0. The average Bonchev–Trinajstić information content (AvgIpc) is 2.76. The average molecular weight is 563 g/mol. The number of thiol groups is 1. The van der Waals surface area contributed by atoms with E-state index in [0.717, 1.165) is 6.42 Å². The van der Waals surface area contributed by atoms with Crippen LogP contribution >= 0.6 is 12.6 Å². The Labute approximate surface area is 254 Å². The van der Waals surface area contributed by atoms with Gasteiger partial charge in [0, 0.05) is 4.75 Å². The van der Waals surface area contributed by atoms with Gasteiger partial charge in [0.15, 0.2) is 0 Å². The van der Waals surface area contributed by atoms with Crippen molar-refractivity contribution in [1.29, 1.82) is 0 Å². The van der Waals surface area contributed by atoms with Gasteiger partial charge in [-0.3, -0.25) is 0 Å². The van der Waals surface area contributed by atoms with Gasteiger partial charge in [-0.2, -0.15) is 12.6 Å². The van der Waals surface area contributed by atoms with Crippen LogP contribution in [0.5, 0.6) is 0 Å². The topological polar surface area (TPSA) is 0 Å². The Hall–Kier alpha value is -0.170. The van der Waals surface area contributed by atoms with Gasteiger partial charge in [-0.1, -0.05) is 165 Å². The van der Waals surface area contributed by atoms with Gasteiger partial charge in [0.2, 0.25) is 0 Å². The van der Waals surface area contributed by atoms with Crippen LogP contribution in [0.2, 0.25) is 0 Å². The lowest BCUT2D eigenvalue weighted by atomic mass is 9.71. The molecule has 39 heavy (non-hydrogen) atoms. The molecule has 0 aliphatic carbocycles. The molecule has 232 valence electrons. The SMILES string of the molecule is CCCCCCCC(C)(CCCCCC)CCC(C)(C)/C=C\C(C)(C)CC(C)(S)/C=C\C(C)(C)CC(C)(C)C. The van der Waals surface area contributed by atoms with Crippen molar-refractivity contribution in [3.05, 3.63) is 24.3 Å². The Bertz CT molecular complexity index is 697. The van der Waals surface area contributed by atoms with Crippen molar-refractivity contribution in [2.45, 2.75) is 191 Å². The molecule has 0 aliphatic heterocycles. The molecule has 0 aliphatic rings. The highest BCUT2D eigenvalue weighted by Crippen LogP contribution is 2.42. The standard InChI is InChI=1S/C38H74S/c1-14-16-18-20-22-24-37(12,23-21-19-17-15-2)29-27-34(6,7)25-26-36(10,11)32-38(13,39)30-28-35(8,9)31-33(3,4)5/h25-26,28,30,39H,14-24,27,29,31-32H2,1-13H3/b26-25-,30-28-. The summed E-state index contributed by atoms with van der Waals surface area (Å²) in [6, 6.07) is 0. The zero-order chi connectivity index (χ0) is 30.4. The molecule has 0 aromatic heterocycles. The predicted octanol–water partition coefficient (Wildman–Crippen LogP) is 13.8. The van der Waals surface area contributed by atoms with Crippen molar-refractivity contribution in [2.75, 3.05) is 0 Å². The first kappa shape index (κ1) is 38.8. The van der Waals surface area contributed by atoms with Gasteiger partial charge < -0.3 is 0 Å². The van der Waals surface area contributed by atoms with Crippen LogP contribution in [0, 0.1) is 27.1 Å². The molecular weight excluding hydrogens is 488 g/mol. The third-order valence-electron chi connectivity index (χ3n) is 8.57. The van der Waals surface area contributed by atoms with Crippen molar-refractivity contribution in [2.24, 2.45) is 27.1 Å². The zero-order valence-electron chi connectivity index (χ0n) is 29.4. The van der Waals surface area contributed by atoms with Crippen molar-refractivity contribution in [3.8, 4) is 0 Å². The lowest BCUT2D eigenvalue weighted by Gasteiger charge is -2.35. The second-order valence-electron chi connectivity index (χ2n) is 17.2. The molecule has 0 radical (unpaired) electrons. The summed E-state index contributed by atoms with van der Waals surface area (Å²) in [4.78, 5) is 0. The third-order valence-corrected chi connectivity index (χ3v) is 8.88. The Morgan fingerprint density at radius 1 is 0.436 bits per heavy atom. The van der Waals surface area contributed by atoms with Gasteiger partial charge in [-0.05, 0) is 72.5 Å². The minimum Gasteiger partial charge on any atom is -0.169 e. The van der Waals surface area contributed by atoms with Gasteiger partial charge >= 0.3 is 0 Å². The molecule has 0 spiro atoms. The molecular formula is C38H74S. The maximum Gasteiger partial charge on any atom is 0.0288 e. The molecule has 0 aromatic rings.